The third kappa shape index (κ3) is 3.69. The van der Waals surface area contributed by atoms with Gasteiger partial charge < -0.3 is 4.90 Å². The predicted molar refractivity (Wildman–Crippen MR) is 117 cm³/mol. The van der Waals surface area contributed by atoms with Crippen molar-refractivity contribution in [2.75, 3.05) is 26.2 Å². The number of imidazole rings is 1. The SMILES string of the molecule is O=C(c1ccc(-n2cnc3ccccc32)cc1)N1CCN(Cc2cccs2)CC1. The Hall–Kier alpha value is -2.96. The Kier molecular flexibility index (Phi) is 4.87. The van der Waals surface area contributed by atoms with E-state index < -0.39 is 0 Å². The maximum atomic E-state index is 12.9. The van der Waals surface area contributed by atoms with Crippen molar-refractivity contribution in [1.82, 2.24) is 19.4 Å². The van der Waals surface area contributed by atoms with Gasteiger partial charge >= 0.3 is 0 Å². The van der Waals surface area contributed by atoms with Gasteiger partial charge in [0.15, 0.2) is 0 Å². The molecule has 29 heavy (non-hydrogen) atoms. The van der Waals surface area contributed by atoms with Crippen molar-refractivity contribution < 1.29 is 4.79 Å². The van der Waals surface area contributed by atoms with Crippen LogP contribution >= 0.6 is 11.3 Å². The molecule has 0 atom stereocenters. The highest BCUT2D eigenvalue weighted by molar-refractivity contribution is 7.09. The van der Waals surface area contributed by atoms with Crippen LogP contribution in [-0.2, 0) is 6.54 Å². The summed E-state index contributed by atoms with van der Waals surface area (Å²) in [6.07, 6.45) is 1.83. The van der Waals surface area contributed by atoms with Crippen LogP contribution in [0.4, 0.5) is 0 Å². The maximum absolute atomic E-state index is 12.9. The summed E-state index contributed by atoms with van der Waals surface area (Å²) in [7, 11) is 0. The Morgan fingerprint density at radius 3 is 2.48 bits per heavy atom. The fourth-order valence-corrected chi connectivity index (χ4v) is 4.59. The van der Waals surface area contributed by atoms with Crippen LogP contribution in [0.15, 0.2) is 72.4 Å². The number of para-hydroxylation sites is 2. The van der Waals surface area contributed by atoms with Crippen LogP contribution in [0.3, 0.4) is 0 Å². The molecule has 5 nitrogen and oxygen atoms in total. The molecule has 0 spiro atoms. The molecule has 1 saturated heterocycles. The van der Waals surface area contributed by atoms with E-state index in [0.717, 1.165) is 55.0 Å². The summed E-state index contributed by atoms with van der Waals surface area (Å²) in [5, 5.41) is 2.12. The molecule has 0 radical (unpaired) electrons. The molecule has 1 amide bonds. The van der Waals surface area contributed by atoms with Gasteiger partial charge in [-0.25, -0.2) is 4.98 Å². The van der Waals surface area contributed by atoms with Gasteiger partial charge in [-0.3, -0.25) is 14.3 Å². The largest absolute Gasteiger partial charge is 0.336 e. The number of carbonyl (C=O) groups is 1. The number of nitrogens with zero attached hydrogens (tertiary/aromatic N) is 4. The number of carbonyl (C=O) groups excluding carboxylic acids is 1. The van der Waals surface area contributed by atoms with Crippen LogP contribution in [-0.4, -0.2) is 51.4 Å². The molecular formula is C23H22N4OS. The van der Waals surface area contributed by atoms with Gasteiger partial charge in [0.05, 0.1) is 11.0 Å². The number of hydrogen-bond donors (Lipinski definition) is 0. The van der Waals surface area contributed by atoms with Gasteiger partial charge in [0.1, 0.15) is 6.33 Å². The highest BCUT2D eigenvalue weighted by Gasteiger charge is 2.22. The van der Waals surface area contributed by atoms with E-state index in [0.29, 0.717) is 0 Å². The zero-order chi connectivity index (χ0) is 19.6. The van der Waals surface area contributed by atoms with Crippen LogP contribution in [0.2, 0.25) is 0 Å². The van der Waals surface area contributed by atoms with Crippen LogP contribution < -0.4 is 0 Å². The molecule has 0 saturated carbocycles. The summed E-state index contributed by atoms with van der Waals surface area (Å²) in [5.41, 5.74) is 3.78. The van der Waals surface area contributed by atoms with Gasteiger partial charge in [-0.2, -0.15) is 0 Å². The number of hydrogen-bond acceptors (Lipinski definition) is 4. The molecule has 0 bridgehead atoms. The van der Waals surface area contributed by atoms with Gasteiger partial charge in [0.25, 0.3) is 5.91 Å². The lowest BCUT2D eigenvalue weighted by atomic mass is 10.1. The number of benzene rings is 2. The van der Waals surface area contributed by atoms with E-state index in [1.54, 1.807) is 11.3 Å². The number of piperazine rings is 1. The first-order valence-electron chi connectivity index (χ1n) is 9.84. The molecule has 2 aromatic heterocycles. The molecule has 6 heteroatoms. The van der Waals surface area contributed by atoms with E-state index in [2.05, 4.69) is 33.5 Å². The quantitative estimate of drug-likeness (QED) is 0.517. The Balaban J connectivity index is 1.25. The predicted octanol–water partition coefficient (Wildman–Crippen LogP) is 4.05. The second kappa shape index (κ2) is 7.81. The molecule has 0 N–H and O–H groups in total. The van der Waals surface area contributed by atoms with Gasteiger partial charge in [-0.15, -0.1) is 11.3 Å². The van der Waals surface area contributed by atoms with Crippen molar-refractivity contribution >= 4 is 28.3 Å². The third-order valence-electron chi connectivity index (χ3n) is 5.47. The molecule has 1 aliphatic rings. The first-order valence-corrected chi connectivity index (χ1v) is 10.7. The average molecular weight is 403 g/mol. The lowest BCUT2D eigenvalue weighted by Gasteiger charge is -2.34. The minimum absolute atomic E-state index is 0.114. The van der Waals surface area contributed by atoms with Gasteiger partial charge in [-0.1, -0.05) is 18.2 Å². The van der Waals surface area contributed by atoms with Gasteiger partial charge in [0, 0.05) is 48.9 Å². The third-order valence-corrected chi connectivity index (χ3v) is 6.33. The van der Waals surface area contributed by atoms with Crippen molar-refractivity contribution in [3.05, 3.63) is 82.8 Å². The van der Waals surface area contributed by atoms with Crippen molar-refractivity contribution in [2.45, 2.75) is 6.54 Å². The number of fused-ring (bicyclic) bond motifs is 1. The Labute approximate surface area is 173 Å². The van der Waals surface area contributed by atoms with Gasteiger partial charge in [0.2, 0.25) is 0 Å². The molecule has 146 valence electrons. The van der Waals surface area contributed by atoms with Crippen molar-refractivity contribution in [3.8, 4) is 5.69 Å². The molecule has 1 aliphatic heterocycles. The van der Waals surface area contributed by atoms with Crippen LogP contribution in [0.1, 0.15) is 15.2 Å². The fraction of sp³-hybridized carbons (Fsp3) is 0.217. The van der Waals surface area contributed by atoms with E-state index >= 15 is 0 Å². The number of aromatic nitrogens is 2. The van der Waals surface area contributed by atoms with Crippen molar-refractivity contribution in [1.29, 1.82) is 0 Å². The minimum atomic E-state index is 0.114. The highest BCUT2D eigenvalue weighted by Crippen LogP contribution is 2.19. The summed E-state index contributed by atoms with van der Waals surface area (Å²) in [6.45, 7) is 4.37. The maximum Gasteiger partial charge on any atom is 0.253 e. The molecule has 0 unspecified atom stereocenters. The second-order valence-electron chi connectivity index (χ2n) is 7.30. The second-order valence-corrected chi connectivity index (χ2v) is 8.33. The lowest BCUT2D eigenvalue weighted by Crippen LogP contribution is -2.48. The zero-order valence-corrected chi connectivity index (χ0v) is 16.9. The first-order chi connectivity index (χ1) is 14.3. The van der Waals surface area contributed by atoms with Crippen LogP contribution in [0.25, 0.3) is 16.7 Å². The van der Waals surface area contributed by atoms with Crippen molar-refractivity contribution in [3.63, 3.8) is 0 Å². The monoisotopic (exact) mass is 402 g/mol. The summed E-state index contributed by atoms with van der Waals surface area (Å²) in [4.78, 5) is 23.1. The van der Waals surface area contributed by atoms with Gasteiger partial charge in [-0.05, 0) is 47.8 Å². The van der Waals surface area contributed by atoms with E-state index in [-0.39, 0.29) is 5.91 Å². The van der Waals surface area contributed by atoms with Crippen molar-refractivity contribution in [2.24, 2.45) is 0 Å². The Bertz CT molecular complexity index is 1110. The smallest absolute Gasteiger partial charge is 0.253 e. The summed E-state index contributed by atoms with van der Waals surface area (Å²) < 4.78 is 2.05. The Morgan fingerprint density at radius 2 is 1.72 bits per heavy atom. The molecule has 0 aliphatic carbocycles. The highest BCUT2D eigenvalue weighted by atomic mass is 32.1. The summed E-state index contributed by atoms with van der Waals surface area (Å²) >= 11 is 1.79. The van der Waals surface area contributed by atoms with E-state index in [9.17, 15) is 4.79 Å². The van der Waals surface area contributed by atoms with Crippen LogP contribution in [0.5, 0.6) is 0 Å². The molecule has 5 rings (SSSR count). The molecule has 4 aromatic rings. The van der Waals surface area contributed by atoms with E-state index in [4.69, 9.17) is 0 Å². The lowest BCUT2D eigenvalue weighted by molar-refractivity contribution is 0.0629. The molecular weight excluding hydrogens is 380 g/mol. The number of rotatable bonds is 4. The standard InChI is InChI=1S/C23H22N4OS/c28-23(26-13-11-25(12-14-26)16-20-4-3-15-29-20)18-7-9-19(10-8-18)27-17-24-21-5-1-2-6-22(21)27/h1-10,15,17H,11-14,16H2. The average Bonchev–Trinajstić information content (AvgIpc) is 3.44. The van der Waals surface area contributed by atoms with E-state index in [1.807, 2.05) is 58.3 Å². The zero-order valence-electron chi connectivity index (χ0n) is 16.1. The Morgan fingerprint density at radius 1 is 0.931 bits per heavy atom. The fourth-order valence-electron chi connectivity index (χ4n) is 3.84. The minimum Gasteiger partial charge on any atom is -0.336 e. The summed E-state index contributed by atoms with van der Waals surface area (Å²) in [5.74, 6) is 0.114. The molecule has 1 fully saturated rings. The molecule has 2 aromatic carbocycles. The summed E-state index contributed by atoms with van der Waals surface area (Å²) in [6, 6.07) is 20.2. The first kappa shape index (κ1) is 18.1. The van der Waals surface area contributed by atoms with Crippen LogP contribution in [0, 0.1) is 0 Å². The number of thiophene rings is 1. The normalized spacial score (nSPS) is 15.1. The van der Waals surface area contributed by atoms with E-state index in [1.165, 1.54) is 4.88 Å². The molecule has 3 heterocycles. The number of amides is 1. The topological polar surface area (TPSA) is 41.4 Å².